The summed E-state index contributed by atoms with van der Waals surface area (Å²) in [5.74, 6) is -0.330. The number of unbranched alkanes of at least 4 members (excludes halogenated alkanes) is 1. The Kier molecular flexibility index (Phi) is 6.25. The van der Waals surface area contributed by atoms with Gasteiger partial charge in [0.15, 0.2) is 5.72 Å². The molecule has 15 heavy (non-hydrogen) atoms. The molecule has 1 atom stereocenters. The Hall–Kier alpha value is -0.830. The molecule has 0 spiro atoms. The molecule has 0 radical (unpaired) electrons. The first-order valence-electron chi connectivity index (χ1n) is 5.59. The number of rotatable bonds is 7. The van der Waals surface area contributed by atoms with E-state index in [0.29, 0.717) is 5.57 Å². The minimum Gasteiger partial charge on any atom is -0.441 e. The highest BCUT2D eigenvalue weighted by atomic mass is 16.6. The fourth-order valence-electron chi connectivity index (χ4n) is 1.05. The first-order chi connectivity index (χ1) is 6.95. The van der Waals surface area contributed by atoms with Crippen molar-refractivity contribution < 1.29 is 9.53 Å². The molecule has 0 aromatic heterocycles. The summed E-state index contributed by atoms with van der Waals surface area (Å²) in [6, 6.07) is 0. The SMILES string of the molecule is C=C(C)C(=O)OC(C)(CC)NCCCC. The fraction of sp³-hybridized carbons (Fsp3) is 0.750. The van der Waals surface area contributed by atoms with Gasteiger partial charge in [0.1, 0.15) is 0 Å². The predicted octanol–water partition coefficient (Wildman–Crippen LogP) is 2.62. The number of nitrogens with one attached hydrogen (secondary N) is 1. The molecule has 0 amide bonds. The summed E-state index contributed by atoms with van der Waals surface area (Å²) >= 11 is 0. The minimum atomic E-state index is -0.564. The van der Waals surface area contributed by atoms with Crippen LogP contribution in [0.1, 0.15) is 47.0 Å². The van der Waals surface area contributed by atoms with Crippen LogP contribution >= 0.6 is 0 Å². The van der Waals surface area contributed by atoms with Crippen molar-refractivity contribution in [2.24, 2.45) is 0 Å². The van der Waals surface area contributed by atoms with Gasteiger partial charge in [-0.05, 0) is 33.2 Å². The van der Waals surface area contributed by atoms with Crippen LogP contribution in [0, 0.1) is 0 Å². The van der Waals surface area contributed by atoms with Crippen molar-refractivity contribution in [2.75, 3.05) is 6.54 Å². The van der Waals surface area contributed by atoms with Gasteiger partial charge in [-0.3, -0.25) is 5.32 Å². The third-order valence-electron chi connectivity index (χ3n) is 2.37. The van der Waals surface area contributed by atoms with Crippen molar-refractivity contribution in [1.82, 2.24) is 5.32 Å². The Balaban J connectivity index is 4.17. The van der Waals surface area contributed by atoms with E-state index in [1.165, 1.54) is 0 Å². The molecule has 0 aliphatic heterocycles. The van der Waals surface area contributed by atoms with Gasteiger partial charge in [0.2, 0.25) is 0 Å². The topological polar surface area (TPSA) is 38.3 Å². The van der Waals surface area contributed by atoms with Gasteiger partial charge in [-0.2, -0.15) is 0 Å². The average Bonchev–Trinajstić information content (AvgIpc) is 2.18. The molecule has 0 saturated carbocycles. The van der Waals surface area contributed by atoms with Crippen molar-refractivity contribution in [3.05, 3.63) is 12.2 Å². The standard InChI is InChI=1S/C12H23NO2/c1-6-8-9-13-12(5,7-2)15-11(14)10(3)4/h13H,3,6-9H2,1-2,4-5H3. The number of carbonyl (C=O) groups is 1. The van der Waals surface area contributed by atoms with Crippen LogP contribution in [0.4, 0.5) is 0 Å². The smallest absolute Gasteiger partial charge is 0.334 e. The van der Waals surface area contributed by atoms with Crippen molar-refractivity contribution in [3.63, 3.8) is 0 Å². The number of ether oxygens (including phenoxy) is 1. The van der Waals surface area contributed by atoms with E-state index in [9.17, 15) is 4.79 Å². The summed E-state index contributed by atoms with van der Waals surface area (Å²) in [6.07, 6.45) is 2.96. The van der Waals surface area contributed by atoms with Gasteiger partial charge in [0.25, 0.3) is 0 Å². The maximum atomic E-state index is 11.4. The average molecular weight is 213 g/mol. The largest absolute Gasteiger partial charge is 0.441 e. The maximum absolute atomic E-state index is 11.4. The predicted molar refractivity (Wildman–Crippen MR) is 62.5 cm³/mol. The number of esters is 1. The van der Waals surface area contributed by atoms with Crippen LogP contribution in [0.3, 0.4) is 0 Å². The molecule has 0 saturated heterocycles. The van der Waals surface area contributed by atoms with Crippen LogP contribution in [0.15, 0.2) is 12.2 Å². The summed E-state index contributed by atoms with van der Waals surface area (Å²) in [7, 11) is 0. The zero-order valence-corrected chi connectivity index (χ0v) is 10.4. The van der Waals surface area contributed by atoms with Crippen LogP contribution in [-0.2, 0) is 9.53 Å². The lowest BCUT2D eigenvalue weighted by Crippen LogP contribution is -2.46. The van der Waals surface area contributed by atoms with Crippen molar-refractivity contribution in [1.29, 1.82) is 0 Å². The van der Waals surface area contributed by atoms with Crippen molar-refractivity contribution in [3.8, 4) is 0 Å². The highest BCUT2D eigenvalue weighted by Gasteiger charge is 2.25. The first-order valence-corrected chi connectivity index (χ1v) is 5.59. The molecule has 0 aromatic rings. The zero-order valence-electron chi connectivity index (χ0n) is 10.4. The molecule has 0 bridgehead atoms. The molecule has 0 rings (SSSR count). The summed E-state index contributed by atoms with van der Waals surface area (Å²) < 4.78 is 5.35. The molecule has 0 aliphatic carbocycles. The van der Waals surface area contributed by atoms with Crippen LogP contribution in [0.25, 0.3) is 0 Å². The van der Waals surface area contributed by atoms with Gasteiger partial charge in [0, 0.05) is 5.57 Å². The second-order valence-corrected chi connectivity index (χ2v) is 4.03. The summed E-state index contributed by atoms with van der Waals surface area (Å²) in [4.78, 5) is 11.4. The Morgan fingerprint density at radius 3 is 2.47 bits per heavy atom. The molecule has 3 heteroatoms. The van der Waals surface area contributed by atoms with Gasteiger partial charge >= 0.3 is 5.97 Å². The molecule has 88 valence electrons. The monoisotopic (exact) mass is 213 g/mol. The second kappa shape index (κ2) is 6.62. The maximum Gasteiger partial charge on any atom is 0.334 e. The number of carbonyl (C=O) groups excluding carboxylic acids is 1. The lowest BCUT2D eigenvalue weighted by molar-refractivity contribution is -0.156. The Labute approximate surface area is 92.9 Å². The van der Waals surface area contributed by atoms with E-state index in [1.54, 1.807) is 6.92 Å². The Bertz CT molecular complexity index is 226. The van der Waals surface area contributed by atoms with E-state index >= 15 is 0 Å². The van der Waals surface area contributed by atoms with Crippen LogP contribution in [0.2, 0.25) is 0 Å². The van der Waals surface area contributed by atoms with Crippen molar-refractivity contribution >= 4 is 5.97 Å². The highest BCUT2D eigenvalue weighted by Crippen LogP contribution is 2.13. The molecule has 0 fully saturated rings. The fourth-order valence-corrected chi connectivity index (χ4v) is 1.05. The van der Waals surface area contributed by atoms with Gasteiger partial charge in [-0.25, -0.2) is 4.79 Å². The zero-order chi connectivity index (χ0) is 11.9. The Morgan fingerprint density at radius 2 is 2.07 bits per heavy atom. The molecule has 3 nitrogen and oxygen atoms in total. The van der Waals surface area contributed by atoms with Crippen LogP contribution in [-0.4, -0.2) is 18.2 Å². The van der Waals surface area contributed by atoms with Crippen LogP contribution in [0.5, 0.6) is 0 Å². The lowest BCUT2D eigenvalue weighted by Gasteiger charge is -2.29. The van der Waals surface area contributed by atoms with E-state index < -0.39 is 5.72 Å². The first kappa shape index (κ1) is 14.2. The molecule has 0 aromatic carbocycles. The summed E-state index contributed by atoms with van der Waals surface area (Å²) in [5.41, 5.74) is -0.127. The quantitative estimate of drug-likeness (QED) is 0.306. The molecule has 1 unspecified atom stereocenters. The van der Waals surface area contributed by atoms with Gasteiger partial charge in [0.05, 0.1) is 0 Å². The third-order valence-corrected chi connectivity index (χ3v) is 2.37. The van der Waals surface area contributed by atoms with E-state index in [1.807, 2.05) is 13.8 Å². The molecule has 1 N–H and O–H groups in total. The molecular weight excluding hydrogens is 190 g/mol. The van der Waals surface area contributed by atoms with Crippen molar-refractivity contribution in [2.45, 2.75) is 52.7 Å². The molecule has 0 heterocycles. The molecule has 0 aliphatic rings. The Morgan fingerprint density at radius 1 is 1.47 bits per heavy atom. The van der Waals surface area contributed by atoms with E-state index in [0.717, 1.165) is 25.8 Å². The van der Waals surface area contributed by atoms with E-state index in [2.05, 4.69) is 18.8 Å². The van der Waals surface area contributed by atoms with Gasteiger partial charge in [-0.15, -0.1) is 0 Å². The number of hydrogen-bond acceptors (Lipinski definition) is 3. The highest BCUT2D eigenvalue weighted by molar-refractivity contribution is 5.87. The summed E-state index contributed by atoms with van der Waals surface area (Å²) in [5, 5.41) is 3.25. The van der Waals surface area contributed by atoms with E-state index in [-0.39, 0.29) is 5.97 Å². The number of hydrogen-bond donors (Lipinski definition) is 1. The minimum absolute atomic E-state index is 0.330. The molecular formula is C12H23NO2. The van der Waals surface area contributed by atoms with Crippen LogP contribution < -0.4 is 5.32 Å². The normalized spacial score (nSPS) is 14.4. The van der Waals surface area contributed by atoms with E-state index in [4.69, 9.17) is 4.74 Å². The van der Waals surface area contributed by atoms with Gasteiger partial charge < -0.3 is 4.74 Å². The third kappa shape index (κ3) is 5.57. The van der Waals surface area contributed by atoms with Gasteiger partial charge in [-0.1, -0.05) is 26.8 Å². The summed E-state index contributed by atoms with van der Waals surface area (Å²) in [6.45, 7) is 12.1. The second-order valence-electron chi connectivity index (χ2n) is 4.03. The lowest BCUT2D eigenvalue weighted by atomic mass is 10.1.